The number of rotatable bonds is 5. The molecule has 0 aromatic heterocycles. The molecule has 0 saturated carbocycles. The third kappa shape index (κ3) is 3.05. The average molecular weight is 312 g/mol. The summed E-state index contributed by atoms with van der Waals surface area (Å²) in [7, 11) is 0. The molecule has 3 rings (SSSR count). The minimum atomic E-state index is -0.0996. The van der Waals surface area contributed by atoms with E-state index in [1.807, 2.05) is 19.9 Å². The molecule has 1 aliphatic rings. The molecule has 0 unspecified atom stereocenters. The number of carbonyl (C=O) groups is 1. The maximum absolute atomic E-state index is 11.5. The molecule has 0 saturated heterocycles. The van der Waals surface area contributed by atoms with E-state index >= 15 is 0 Å². The number of aryl methyl sites for hydroxylation is 2. The minimum Gasteiger partial charge on any atom is -0.508 e. The zero-order chi connectivity index (χ0) is 16.4. The van der Waals surface area contributed by atoms with Crippen LogP contribution in [0.15, 0.2) is 24.3 Å². The van der Waals surface area contributed by atoms with E-state index in [1.54, 1.807) is 6.07 Å². The van der Waals surface area contributed by atoms with Crippen LogP contribution >= 0.6 is 0 Å². The normalized spacial score (nSPS) is 16.5. The van der Waals surface area contributed by atoms with Gasteiger partial charge in [-0.05, 0) is 79.0 Å². The predicted molar refractivity (Wildman–Crippen MR) is 91.9 cm³/mol. The Kier molecular flexibility index (Phi) is 4.56. The summed E-state index contributed by atoms with van der Waals surface area (Å²) in [6, 6.07) is 8.14. The van der Waals surface area contributed by atoms with Crippen molar-refractivity contribution in [1.82, 2.24) is 0 Å². The van der Waals surface area contributed by atoms with Crippen LogP contribution in [0.5, 0.6) is 5.75 Å². The van der Waals surface area contributed by atoms with Crippen molar-refractivity contribution in [2.75, 3.05) is 6.61 Å². The number of fused-ring (bicyclic) bond motifs is 3. The van der Waals surface area contributed by atoms with Gasteiger partial charge >= 0.3 is 5.97 Å². The number of benzene rings is 2. The first kappa shape index (κ1) is 15.9. The molecule has 3 nitrogen and oxygen atoms in total. The van der Waals surface area contributed by atoms with Crippen molar-refractivity contribution in [3.63, 3.8) is 0 Å². The highest BCUT2D eigenvalue weighted by atomic mass is 16.5. The zero-order valence-corrected chi connectivity index (χ0v) is 13.9. The SMILES string of the molecule is CCOC(=O)CCC[C@H]1CCc2ccc3ccc(O)c(C)c3c21. The Bertz CT molecular complexity index is 733. The van der Waals surface area contributed by atoms with E-state index in [1.165, 1.54) is 21.9 Å². The van der Waals surface area contributed by atoms with Crippen LogP contribution in [0.1, 0.15) is 55.2 Å². The minimum absolute atomic E-state index is 0.0996. The molecule has 122 valence electrons. The van der Waals surface area contributed by atoms with Gasteiger partial charge in [-0.3, -0.25) is 4.79 Å². The van der Waals surface area contributed by atoms with Crippen LogP contribution in [0.25, 0.3) is 10.8 Å². The quantitative estimate of drug-likeness (QED) is 0.820. The smallest absolute Gasteiger partial charge is 0.305 e. The lowest BCUT2D eigenvalue weighted by Gasteiger charge is -2.16. The molecule has 0 spiro atoms. The van der Waals surface area contributed by atoms with Gasteiger partial charge in [0.05, 0.1) is 6.61 Å². The van der Waals surface area contributed by atoms with E-state index in [0.29, 0.717) is 24.7 Å². The lowest BCUT2D eigenvalue weighted by atomic mass is 9.89. The monoisotopic (exact) mass is 312 g/mol. The number of phenolic OH excluding ortho intramolecular Hbond substituents is 1. The van der Waals surface area contributed by atoms with Crippen molar-refractivity contribution < 1.29 is 14.6 Å². The van der Waals surface area contributed by atoms with E-state index in [4.69, 9.17) is 4.74 Å². The van der Waals surface area contributed by atoms with Gasteiger partial charge in [0.15, 0.2) is 0 Å². The van der Waals surface area contributed by atoms with Crippen LogP contribution < -0.4 is 0 Å². The predicted octanol–water partition coefficient (Wildman–Crippen LogP) is 4.62. The molecule has 1 N–H and O–H groups in total. The van der Waals surface area contributed by atoms with E-state index in [9.17, 15) is 9.90 Å². The maximum Gasteiger partial charge on any atom is 0.305 e. The number of hydrogen-bond acceptors (Lipinski definition) is 3. The van der Waals surface area contributed by atoms with E-state index in [2.05, 4.69) is 12.1 Å². The first-order valence-corrected chi connectivity index (χ1v) is 8.51. The topological polar surface area (TPSA) is 46.5 Å². The molecule has 1 atom stereocenters. The van der Waals surface area contributed by atoms with Gasteiger partial charge in [0.1, 0.15) is 5.75 Å². The number of hydrogen-bond donors (Lipinski definition) is 1. The summed E-state index contributed by atoms with van der Waals surface area (Å²) >= 11 is 0. The number of carbonyl (C=O) groups excluding carboxylic acids is 1. The summed E-state index contributed by atoms with van der Waals surface area (Å²) in [5, 5.41) is 12.5. The van der Waals surface area contributed by atoms with Crippen LogP contribution in [-0.2, 0) is 16.0 Å². The highest BCUT2D eigenvalue weighted by Crippen LogP contribution is 2.43. The molecule has 3 heteroatoms. The Hall–Kier alpha value is -2.03. The summed E-state index contributed by atoms with van der Waals surface area (Å²) < 4.78 is 5.01. The van der Waals surface area contributed by atoms with Crippen LogP contribution in [0.3, 0.4) is 0 Å². The second-order valence-electron chi connectivity index (χ2n) is 6.38. The van der Waals surface area contributed by atoms with E-state index < -0.39 is 0 Å². The van der Waals surface area contributed by atoms with Crippen LogP contribution in [-0.4, -0.2) is 17.7 Å². The fourth-order valence-electron chi connectivity index (χ4n) is 3.83. The number of aromatic hydroxyl groups is 1. The maximum atomic E-state index is 11.5. The van der Waals surface area contributed by atoms with Gasteiger partial charge < -0.3 is 9.84 Å². The van der Waals surface area contributed by atoms with E-state index in [-0.39, 0.29) is 5.97 Å². The van der Waals surface area contributed by atoms with Crippen LogP contribution in [0.2, 0.25) is 0 Å². The molecule has 2 aromatic rings. The third-order valence-electron chi connectivity index (χ3n) is 4.96. The van der Waals surface area contributed by atoms with Crippen molar-refractivity contribution in [3.8, 4) is 5.75 Å². The molecule has 0 amide bonds. The van der Waals surface area contributed by atoms with Gasteiger partial charge in [0.2, 0.25) is 0 Å². The summed E-state index contributed by atoms with van der Waals surface area (Å²) in [6.45, 7) is 4.28. The Labute approximate surface area is 137 Å². The third-order valence-corrected chi connectivity index (χ3v) is 4.96. The molecule has 23 heavy (non-hydrogen) atoms. The lowest BCUT2D eigenvalue weighted by Crippen LogP contribution is -2.04. The van der Waals surface area contributed by atoms with Gasteiger partial charge in [-0.1, -0.05) is 18.2 Å². The summed E-state index contributed by atoms with van der Waals surface area (Å²) in [5.41, 5.74) is 3.75. The molecule has 0 bridgehead atoms. The van der Waals surface area contributed by atoms with Gasteiger partial charge in [-0.2, -0.15) is 0 Å². The second kappa shape index (κ2) is 6.61. The highest BCUT2D eigenvalue weighted by Gasteiger charge is 2.25. The number of esters is 1. The first-order valence-electron chi connectivity index (χ1n) is 8.51. The fraction of sp³-hybridized carbons (Fsp3) is 0.450. The molecule has 2 aromatic carbocycles. The largest absolute Gasteiger partial charge is 0.508 e. The molecular formula is C20H24O3. The van der Waals surface area contributed by atoms with Crippen molar-refractivity contribution in [2.24, 2.45) is 0 Å². The van der Waals surface area contributed by atoms with Crippen molar-refractivity contribution in [1.29, 1.82) is 0 Å². The lowest BCUT2D eigenvalue weighted by molar-refractivity contribution is -0.143. The fourth-order valence-corrected chi connectivity index (χ4v) is 3.83. The number of ether oxygens (including phenoxy) is 1. The molecule has 0 aliphatic heterocycles. The standard InChI is InChI=1S/C20H24O3/c1-3-23-18(22)6-4-5-14-7-9-16-10-8-15-11-12-17(21)13(2)19(15)20(14)16/h8,10-12,14,21H,3-7,9H2,1-2H3/t14-/m0/s1. The molecular weight excluding hydrogens is 288 g/mol. The average Bonchev–Trinajstić information content (AvgIpc) is 2.94. The van der Waals surface area contributed by atoms with E-state index in [0.717, 1.165) is 31.2 Å². The Morgan fingerprint density at radius 3 is 2.87 bits per heavy atom. The summed E-state index contributed by atoms with van der Waals surface area (Å²) in [5.74, 6) is 0.740. The molecule has 1 aliphatic carbocycles. The van der Waals surface area contributed by atoms with Gasteiger partial charge in [0, 0.05) is 6.42 Å². The van der Waals surface area contributed by atoms with Crippen LogP contribution in [0.4, 0.5) is 0 Å². The Morgan fingerprint density at radius 2 is 2.09 bits per heavy atom. The Balaban J connectivity index is 1.85. The van der Waals surface area contributed by atoms with Gasteiger partial charge in [-0.25, -0.2) is 0 Å². The summed E-state index contributed by atoms with van der Waals surface area (Å²) in [6.07, 6.45) is 4.57. The second-order valence-corrected chi connectivity index (χ2v) is 6.38. The van der Waals surface area contributed by atoms with Crippen molar-refractivity contribution in [2.45, 2.75) is 51.9 Å². The summed E-state index contributed by atoms with van der Waals surface area (Å²) in [4.78, 5) is 11.5. The van der Waals surface area contributed by atoms with Crippen molar-refractivity contribution in [3.05, 3.63) is 41.0 Å². The zero-order valence-electron chi connectivity index (χ0n) is 13.9. The Morgan fingerprint density at radius 1 is 1.30 bits per heavy atom. The molecule has 0 fully saturated rings. The van der Waals surface area contributed by atoms with Crippen LogP contribution in [0, 0.1) is 6.92 Å². The van der Waals surface area contributed by atoms with Gasteiger partial charge in [0.25, 0.3) is 0 Å². The number of phenols is 1. The van der Waals surface area contributed by atoms with Gasteiger partial charge in [-0.15, -0.1) is 0 Å². The molecule has 0 heterocycles. The highest BCUT2D eigenvalue weighted by molar-refractivity contribution is 5.92. The first-order chi connectivity index (χ1) is 11.1. The van der Waals surface area contributed by atoms with Crippen molar-refractivity contribution >= 4 is 16.7 Å². The molecule has 0 radical (unpaired) electrons.